The molecule has 16 aliphatic carbocycles. The monoisotopic (exact) mass is 1430 g/mol. The summed E-state index contributed by atoms with van der Waals surface area (Å²) in [5, 5.41) is 6.44. The molecular weight excluding hydrogens is 1330 g/mol. The van der Waals surface area contributed by atoms with Gasteiger partial charge in [-0.3, -0.25) is 19.6 Å². The molecule has 0 amide bonds. The summed E-state index contributed by atoms with van der Waals surface area (Å²) < 4.78 is 27.3. The maximum absolute atomic E-state index is 6.83. The molecule has 16 fully saturated rings. The van der Waals surface area contributed by atoms with E-state index in [0.29, 0.717) is 23.5 Å². The maximum Gasteiger partial charge on any atom is 0.227 e. The Morgan fingerprint density at radius 2 is 0.426 bits per heavy atom. The van der Waals surface area contributed by atoms with Gasteiger partial charge in [-0.25, -0.2) is 19.9 Å². The lowest BCUT2D eigenvalue weighted by Gasteiger charge is -2.57. The van der Waals surface area contributed by atoms with Gasteiger partial charge in [0, 0.05) is 55.1 Å². The first-order valence-electron chi connectivity index (χ1n) is 41.8. The van der Waals surface area contributed by atoms with Gasteiger partial charge in [-0.1, -0.05) is 72.8 Å². The zero-order valence-corrected chi connectivity index (χ0v) is 63.1. The molecule has 4 aromatic heterocycles. The van der Waals surface area contributed by atoms with Gasteiger partial charge in [-0.15, -0.1) is 0 Å². The SMILES string of the molecule is Cc1ncoc1N(c1ccc(C23CC4CC(CC(C4)C2)C3)cc1)c1cc(N(c2ccc(C34CC5CC(CC(C5)C3)C4)cc2)c2ocnc2C)c2ccc3c(N(c4ccc(C56CC7CC(CC(C7)C5)C6)cc4)c4ocnc4C)cc(N(c4ccc(C56CC7CC(CC(C7)C5)C6)cc4)c4ocnc4C)c4ccc1c2c43. The molecule has 546 valence electrons. The lowest BCUT2D eigenvalue weighted by Crippen LogP contribution is -2.48. The first-order chi connectivity index (χ1) is 52.8. The molecule has 8 aromatic carbocycles. The predicted octanol–water partition coefficient (Wildman–Crippen LogP) is 25.5. The van der Waals surface area contributed by atoms with Crippen molar-refractivity contribution in [1.82, 2.24) is 19.9 Å². The van der Waals surface area contributed by atoms with Crippen molar-refractivity contribution in [2.75, 3.05) is 19.6 Å². The molecule has 0 radical (unpaired) electrons. The number of nitrogens with zero attached hydrogens (tertiary/aromatic N) is 8. The summed E-state index contributed by atoms with van der Waals surface area (Å²) in [7, 11) is 0. The van der Waals surface area contributed by atoms with Gasteiger partial charge in [0.25, 0.3) is 0 Å². The van der Waals surface area contributed by atoms with Gasteiger partial charge in [0.05, 0.1) is 22.7 Å². The molecule has 12 aromatic rings. The number of aromatic nitrogens is 4. The van der Waals surface area contributed by atoms with E-state index >= 15 is 0 Å². The van der Waals surface area contributed by atoms with Gasteiger partial charge in [0.2, 0.25) is 23.5 Å². The van der Waals surface area contributed by atoms with E-state index in [9.17, 15) is 0 Å². The first-order valence-corrected chi connectivity index (χ1v) is 41.8. The molecule has 0 N–H and O–H groups in total. The summed E-state index contributed by atoms with van der Waals surface area (Å²) in [6, 6.07) is 53.4. The van der Waals surface area contributed by atoms with E-state index in [1.807, 2.05) is 0 Å². The van der Waals surface area contributed by atoms with Crippen LogP contribution in [0.2, 0.25) is 0 Å². The first kappa shape index (κ1) is 63.7. The minimum Gasteiger partial charge on any atom is -0.427 e. The van der Waals surface area contributed by atoms with Crippen LogP contribution in [-0.4, -0.2) is 19.9 Å². The second kappa shape index (κ2) is 23.2. The molecule has 12 heteroatoms. The molecule has 16 bridgehead atoms. The number of benzene rings is 8. The minimum absolute atomic E-state index is 0.222. The lowest BCUT2D eigenvalue weighted by molar-refractivity contribution is -0.00530. The largest absolute Gasteiger partial charge is 0.427 e. The van der Waals surface area contributed by atoms with Crippen LogP contribution in [0.1, 0.15) is 199 Å². The molecule has 16 aliphatic rings. The van der Waals surface area contributed by atoms with Crippen LogP contribution in [0.15, 0.2) is 177 Å². The minimum atomic E-state index is 0.222. The standard InChI is InChI=1S/C96H98N8O4/c1-55-89(105-51-97-55)101(75-13-5-71(6-14-75)93-39-59-25-60(40-93)27-61(26-59)41-93)83-37-84(102(90-56(2)98-52-106-90)76-15-7-72(8-16-76)94-42-62-28-63(43-94)30-64(29-62)44-94)80-23-24-82-86(104(92-58(4)100-54-108-92)78-19-11-74(12-20-78)96-48-68-34-69(49-96)36-70(35-68)50-96)38-85(81-22-21-79(83)87(80)88(81)82)103(91-57(3)99-53-107-91)77-17-9-73(10-18-77)95-45-65-31-66(46-95)33-67(32-65)47-95/h5-24,37-38,51-54,59-70H,25-36,39-50H2,1-4H3. The van der Waals surface area contributed by atoms with Crippen LogP contribution in [0.5, 0.6) is 0 Å². The summed E-state index contributed by atoms with van der Waals surface area (Å²) >= 11 is 0. The molecule has 0 spiro atoms. The zero-order valence-electron chi connectivity index (χ0n) is 63.1. The fourth-order valence-corrected chi connectivity index (χ4v) is 28.9. The van der Waals surface area contributed by atoms with Gasteiger partial charge in [0.15, 0.2) is 25.6 Å². The van der Waals surface area contributed by atoms with Gasteiger partial charge in [-0.2, -0.15) is 0 Å². The van der Waals surface area contributed by atoms with Gasteiger partial charge >= 0.3 is 0 Å². The maximum atomic E-state index is 6.83. The third-order valence-electron chi connectivity index (χ3n) is 31.6. The second-order valence-electron chi connectivity index (χ2n) is 38.2. The fourth-order valence-electron chi connectivity index (χ4n) is 28.9. The Morgan fingerprint density at radius 1 is 0.250 bits per heavy atom. The molecular formula is C96H98N8O4. The molecule has 12 nitrogen and oxygen atoms in total. The third-order valence-corrected chi connectivity index (χ3v) is 31.6. The summed E-state index contributed by atoms with van der Waals surface area (Å²) in [5.41, 5.74) is 18.0. The Hall–Kier alpha value is -9.16. The van der Waals surface area contributed by atoms with Crippen LogP contribution >= 0.6 is 0 Å². The third kappa shape index (κ3) is 9.57. The van der Waals surface area contributed by atoms with Crippen molar-refractivity contribution in [3.8, 4) is 0 Å². The summed E-state index contributed by atoms with van der Waals surface area (Å²) in [6.07, 6.45) is 39.0. The van der Waals surface area contributed by atoms with Crippen molar-refractivity contribution in [3.63, 3.8) is 0 Å². The molecule has 16 saturated carbocycles. The zero-order chi connectivity index (χ0) is 71.3. The van der Waals surface area contributed by atoms with E-state index < -0.39 is 0 Å². The van der Waals surface area contributed by atoms with Gasteiger partial charge in [0.1, 0.15) is 22.8 Å². The molecule has 0 aliphatic heterocycles. The fraction of sp³-hybridized carbons (Fsp3) is 0.458. The van der Waals surface area contributed by atoms with E-state index in [1.165, 1.54) is 176 Å². The smallest absolute Gasteiger partial charge is 0.227 e. The van der Waals surface area contributed by atoms with E-state index in [-0.39, 0.29) is 21.7 Å². The molecule has 108 heavy (non-hydrogen) atoms. The quantitative estimate of drug-likeness (QED) is 0.0857. The molecule has 0 atom stereocenters. The molecule has 4 heterocycles. The second-order valence-corrected chi connectivity index (χ2v) is 38.2. The highest BCUT2D eigenvalue weighted by atomic mass is 16.4. The van der Waals surface area contributed by atoms with Crippen LogP contribution in [-0.2, 0) is 21.7 Å². The van der Waals surface area contributed by atoms with Crippen molar-refractivity contribution in [2.24, 2.45) is 71.0 Å². The number of hydrogen-bond acceptors (Lipinski definition) is 12. The highest BCUT2D eigenvalue weighted by Crippen LogP contribution is 2.67. The van der Waals surface area contributed by atoms with Crippen LogP contribution in [0.25, 0.3) is 32.3 Å². The van der Waals surface area contributed by atoms with Gasteiger partial charge < -0.3 is 17.7 Å². The Bertz CT molecular complexity index is 4730. The van der Waals surface area contributed by atoms with Crippen molar-refractivity contribution < 1.29 is 17.7 Å². The van der Waals surface area contributed by atoms with E-state index in [2.05, 4.69) is 181 Å². The number of anilines is 12. The number of oxazole rings is 4. The van der Waals surface area contributed by atoms with Crippen LogP contribution in [0.4, 0.5) is 69.0 Å². The Morgan fingerprint density at radius 3 is 0.583 bits per heavy atom. The van der Waals surface area contributed by atoms with E-state index in [1.54, 1.807) is 25.6 Å². The normalized spacial score (nSPS) is 32.1. The van der Waals surface area contributed by atoms with Crippen molar-refractivity contribution in [2.45, 2.75) is 203 Å². The Labute approximate surface area is 633 Å². The summed E-state index contributed by atoms with van der Waals surface area (Å²) in [6.45, 7) is 8.36. The van der Waals surface area contributed by atoms with Crippen LogP contribution < -0.4 is 19.6 Å². The number of rotatable bonds is 16. The van der Waals surface area contributed by atoms with Gasteiger partial charge in [-0.05, 0) is 357 Å². The van der Waals surface area contributed by atoms with Crippen molar-refractivity contribution >= 4 is 101 Å². The molecule has 0 saturated heterocycles. The highest BCUT2D eigenvalue weighted by molar-refractivity contribution is 6.33. The summed E-state index contributed by atoms with van der Waals surface area (Å²) in [5.74, 6) is 12.7. The van der Waals surface area contributed by atoms with Crippen LogP contribution in [0.3, 0.4) is 0 Å². The van der Waals surface area contributed by atoms with Crippen molar-refractivity contribution in [1.29, 1.82) is 0 Å². The summed E-state index contributed by atoms with van der Waals surface area (Å²) in [4.78, 5) is 29.2. The Kier molecular flexibility index (Phi) is 13.7. The predicted molar refractivity (Wildman–Crippen MR) is 427 cm³/mol. The highest BCUT2D eigenvalue weighted by Gasteiger charge is 2.56. The number of hydrogen-bond donors (Lipinski definition) is 0. The Balaban J connectivity index is 0.767. The lowest BCUT2D eigenvalue weighted by atomic mass is 9.48. The topological polar surface area (TPSA) is 117 Å². The average Bonchev–Trinajstić information content (AvgIpc) is 1.19. The molecule has 0 unspecified atom stereocenters. The van der Waals surface area contributed by atoms with E-state index in [0.717, 1.165) is 172 Å². The van der Waals surface area contributed by atoms with E-state index in [4.69, 9.17) is 37.6 Å². The molecule has 28 rings (SSSR count). The average molecular weight is 1430 g/mol. The van der Waals surface area contributed by atoms with Crippen molar-refractivity contribution in [3.05, 3.63) is 204 Å². The number of aryl methyl sites for hydroxylation is 4. The van der Waals surface area contributed by atoms with Crippen LogP contribution in [0, 0.1) is 98.7 Å².